The van der Waals surface area contributed by atoms with Gasteiger partial charge in [0.1, 0.15) is 6.61 Å². The molecule has 1 N–H and O–H groups in total. The second-order valence-corrected chi connectivity index (χ2v) is 3.43. The van der Waals surface area contributed by atoms with Gasteiger partial charge in [-0.3, -0.25) is 0 Å². The van der Waals surface area contributed by atoms with Crippen LogP contribution in [-0.2, 0) is 6.54 Å². The molecular formula is C6H8N2O2S. The highest BCUT2D eigenvalue weighted by Crippen LogP contribution is 2.23. The van der Waals surface area contributed by atoms with E-state index in [1.807, 2.05) is 0 Å². The van der Waals surface area contributed by atoms with Gasteiger partial charge in [-0.2, -0.15) is 5.10 Å². The van der Waals surface area contributed by atoms with Gasteiger partial charge in [-0.05, 0) is 0 Å². The van der Waals surface area contributed by atoms with Crippen LogP contribution in [0.25, 0.3) is 0 Å². The molecule has 11 heavy (non-hydrogen) atoms. The molecule has 5 heteroatoms. The van der Waals surface area contributed by atoms with E-state index in [4.69, 9.17) is 4.74 Å². The number of fused-ring (bicyclic) bond motifs is 1. The van der Waals surface area contributed by atoms with E-state index in [0.29, 0.717) is 12.4 Å². The topological polar surface area (TPSA) is 47.3 Å². The van der Waals surface area contributed by atoms with Crippen molar-refractivity contribution in [3.8, 4) is 5.88 Å². The van der Waals surface area contributed by atoms with Gasteiger partial charge < -0.3 is 9.84 Å². The van der Waals surface area contributed by atoms with Crippen molar-refractivity contribution in [1.82, 2.24) is 9.78 Å². The molecule has 1 aliphatic rings. The van der Waals surface area contributed by atoms with Crippen molar-refractivity contribution in [2.45, 2.75) is 11.5 Å². The monoisotopic (exact) mass is 172 g/mol. The van der Waals surface area contributed by atoms with Crippen LogP contribution >= 0.6 is 12.6 Å². The number of nitrogens with zero attached hydrogens (tertiary/aromatic N) is 2. The highest BCUT2D eigenvalue weighted by molar-refractivity contribution is 7.81. The molecule has 2 heterocycles. The Bertz CT molecular complexity index is 271. The lowest BCUT2D eigenvalue weighted by molar-refractivity contribution is 0.0291. The molecule has 0 unspecified atom stereocenters. The zero-order valence-corrected chi connectivity index (χ0v) is 6.66. The molecule has 0 fully saturated rings. The van der Waals surface area contributed by atoms with Crippen molar-refractivity contribution in [1.29, 1.82) is 0 Å². The average molecular weight is 172 g/mol. The maximum atomic E-state index is 9.42. The van der Waals surface area contributed by atoms with Gasteiger partial charge >= 0.3 is 0 Å². The summed E-state index contributed by atoms with van der Waals surface area (Å²) < 4.78 is 6.73. The molecule has 1 atom stereocenters. The molecule has 0 spiro atoms. The normalized spacial score (nSPS) is 29.3. The largest absolute Gasteiger partial charge is 0.474 e. The Labute approximate surface area is 69.2 Å². The SMILES string of the molecule is O[C@@]1(S)COc2ccnn2C1. The van der Waals surface area contributed by atoms with E-state index >= 15 is 0 Å². The molecule has 0 amide bonds. The number of aliphatic hydroxyl groups is 1. The Morgan fingerprint density at radius 2 is 2.64 bits per heavy atom. The Morgan fingerprint density at radius 1 is 1.82 bits per heavy atom. The van der Waals surface area contributed by atoms with Crippen LogP contribution in [0, 0.1) is 0 Å². The molecule has 2 rings (SSSR count). The van der Waals surface area contributed by atoms with Gasteiger partial charge in [-0.25, -0.2) is 4.68 Å². The molecule has 0 saturated carbocycles. The van der Waals surface area contributed by atoms with Crippen molar-refractivity contribution in [2.75, 3.05) is 6.61 Å². The van der Waals surface area contributed by atoms with Gasteiger partial charge in [0.15, 0.2) is 4.93 Å². The van der Waals surface area contributed by atoms with Gasteiger partial charge in [-0.15, -0.1) is 12.6 Å². The summed E-state index contributed by atoms with van der Waals surface area (Å²) in [5.41, 5.74) is 0. The van der Waals surface area contributed by atoms with Crippen LogP contribution in [0.4, 0.5) is 0 Å². The summed E-state index contributed by atoms with van der Waals surface area (Å²) in [6.45, 7) is 0.584. The Balaban J connectivity index is 2.32. The number of hydrogen-bond acceptors (Lipinski definition) is 4. The first-order valence-electron chi connectivity index (χ1n) is 3.27. The highest BCUT2D eigenvalue weighted by Gasteiger charge is 2.29. The van der Waals surface area contributed by atoms with E-state index in [2.05, 4.69) is 17.7 Å². The van der Waals surface area contributed by atoms with Gasteiger partial charge in [0, 0.05) is 6.07 Å². The second kappa shape index (κ2) is 2.15. The van der Waals surface area contributed by atoms with Crippen LogP contribution in [-0.4, -0.2) is 26.4 Å². The zero-order valence-electron chi connectivity index (χ0n) is 5.77. The van der Waals surface area contributed by atoms with Crippen LogP contribution in [0.5, 0.6) is 5.88 Å². The number of aromatic nitrogens is 2. The highest BCUT2D eigenvalue weighted by atomic mass is 32.1. The minimum Gasteiger partial charge on any atom is -0.474 e. The third-order valence-electron chi connectivity index (χ3n) is 1.53. The van der Waals surface area contributed by atoms with Crippen molar-refractivity contribution >= 4 is 12.6 Å². The lowest BCUT2D eigenvalue weighted by Crippen LogP contribution is -2.39. The lowest BCUT2D eigenvalue weighted by Gasteiger charge is -2.27. The van der Waals surface area contributed by atoms with Crippen molar-refractivity contribution in [3.05, 3.63) is 12.3 Å². The maximum Gasteiger partial charge on any atom is 0.211 e. The summed E-state index contributed by atoms with van der Waals surface area (Å²) >= 11 is 3.99. The van der Waals surface area contributed by atoms with Gasteiger partial charge in [0.25, 0.3) is 0 Å². The van der Waals surface area contributed by atoms with Crippen LogP contribution in [0.3, 0.4) is 0 Å². The molecule has 1 aromatic heterocycles. The average Bonchev–Trinajstić information content (AvgIpc) is 2.31. The quantitative estimate of drug-likeness (QED) is 0.424. The number of hydrogen-bond donors (Lipinski definition) is 2. The summed E-state index contributed by atoms with van der Waals surface area (Å²) in [5.74, 6) is 0.684. The third-order valence-corrected chi connectivity index (χ3v) is 1.80. The Hall–Kier alpha value is -0.680. The third kappa shape index (κ3) is 1.21. The predicted molar refractivity (Wildman–Crippen MR) is 41.7 cm³/mol. The fourth-order valence-electron chi connectivity index (χ4n) is 1.04. The van der Waals surface area contributed by atoms with Gasteiger partial charge in [0.05, 0.1) is 12.7 Å². The minimum atomic E-state index is -1.08. The fraction of sp³-hybridized carbons (Fsp3) is 0.500. The van der Waals surface area contributed by atoms with Crippen LogP contribution < -0.4 is 4.74 Å². The molecular weight excluding hydrogens is 164 g/mol. The molecule has 1 aliphatic heterocycles. The minimum absolute atomic E-state index is 0.210. The molecule has 0 saturated heterocycles. The van der Waals surface area contributed by atoms with E-state index in [0.717, 1.165) is 0 Å². The fourth-order valence-corrected chi connectivity index (χ4v) is 1.24. The molecule has 0 aromatic carbocycles. The summed E-state index contributed by atoms with van der Waals surface area (Å²) in [5, 5.41) is 13.4. The van der Waals surface area contributed by atoms with Gasteiger partial charge in [0.2, 0.25) is 5.88 Å². The van der Waals surface area contributed by atoms with Crippen molar-refractivity contribution in [3.63, 3.8) is 0 Å². The summed E-state index contributed by atoms with van der Waals surface area (Å²) in [6.07, 6.45) is 1.63. The molecule has 0 bridgehead atoms. The first-order valence-corrected chi connectivity index (χ1v) is 3.71. The van der Waals surface area contributed by atoms with E-state index in [1.54, 1.807) is 16.9 Å². The number of rotatable bonds is 0. The van der Waals surface area contributed by atoms with Crippen molar-refractivity contribution < 1.29 is 9.84 Å². The summed E-state index contributed by atoms with van der Waals surface area (Å²) in [7, 11) is 0. The summed E-state index contributed by atoms with van der Waals surface area (Å²) in [4.78, 5) is -1.08. The predicted octanol–water partition coefficient (Wildman–Crippen LogP) is -0.106. The lowest BCUT2D eigenvalue weighted by atomic mass is 10.3. The van der Waals surface area contributed by atoms with Gasteiger partial charge in [-0.1, -0.05) is 0 Å². The molecule has 1 aromatic rings. The Kier molecular flexibility index (Phi) is 1.37. The smallest absolute Gasteiger partial charge is 0.211 e. The second-order valence-electron chi connectivity index (χ2n) is 2.60. The molecule has 4 nitrogen and oxygen atoms in total. The van der Waals surface area contributed by atoms with Crippen LogP contribution in [0.1, 0.15) is 0 Å². The van der Waals surface area contributed by atoms with Crippen molar-refractivity contribution in [2.24, 2.45) is 0 Å². The van der Waals surface area contributed by atoms with E-state index < -0.39 is 4.93 Å². The van der Waals surface area contributed by atoms with E-state index in [1.165, 1.54) is 0 Å². The standard InChI is InChI=1S/C6H8N2O2S/c9-6(11)3-8-5(10-4-6)1-2-7-8/h1-2,9,11H,3-4H2/t6-/m0/s1. The maximum absolute atomic E-state index is 9.42. The van der Waals surface area contributed by atoms with E-state index in [-0.39, 0.29) is 6.61 Å². The molecule has 0 aliphatic carbocycles. The number of thiol groups is 1. The zero-order chi connectivity index (χ0) is 7.90. The van der Waals surface area contributed by atoms with E-state index in [9.17, 15) is 5.11 Å². The first kappa shape index (κ1) is 7.00. The number of ether oxygens (including phenoxy) is 1. The molecule has 0 radical (unpaired) electrons. The summed E-state index contributed by atoms with van der Waals surface area (Å²) in [6, 6.07) is 1.75. The molecule has 60 valence electrons. The Morgan fingerprint density at radius 3 is 3.45 bits per heavy atom. The van der Waals surface area contributed by atoms with Crippen LogP contribution in [0.2, 0.25) is 0 Å². The van der Waals surface area contributed by atoms with Crippen LogP contribution in [0.15, 0.2) is 12.3 Å². The first-order chi connectivity index (χ1) is 5.17.